The van der Waals surface area contributed by atoms with Gasteiger partial charge in [0.25, 0.3) is 0 Å². The molecule has 0 rings (SSSR count). The fraction of sp³-hybridized carbons (Fsp3) is 0. The van der Waals surface area contributed by atoms with Gasteiger partial charge in [-0.15, -0.1) is 0 Å². The van der Waals surface area contributed by atoms with Crippen molar-refractivity contribution in [2.75, 3.05) is 0 Å². The van der Waals surface area contributed by atoms with E-state index in [0.29, 0.717) is 0 Å². The number of rotatable bonds is 0. The van der Waals surface area contributed by atoms with Gasteiger partial charge < -0.3 is 34.0 Å². The van der Waals surface area contributed by atoms with Gasteiger partial charge in [0.2, 0.25) is 0 Å². The van der Waals surface area contributed by atoms with Crippen LogP contribution in [0, 0.1) is 0 Å². The molecule has 0 atom stereocenters. The molecule has 4 heteroatoms. The zero-order valence-electron chi connectivity index (χ0n) is 1.50. The topological polar surface area (TPSA) is 30.5 Å². The first kappa shape index (κ1) is 51.7. The van der Waals surface area contributed by atoms with Crippen molar-refractivity contribution < 1.29 is 51.0 Å². The van der Waals surface area contributed by atoms with E-state index in [1.54, 1.807) is 0 Å². The van der Waals surface area contributed by atoms with Gasteiger partial charge in [-0.3, -0.25) is 0 Å². The van der Waals surface area contributed by atoms with Crippen LogP contribution in [0.15, 0.2) is 0 Å². The van der Waals surface area contributed by atoms with E-state index in [4.69, 9.17) is 0 Å². The summed E-state index contributed by atoms with van der Waals surface area (Å²) in [4.78, 5) is 0. The van der Waals surface area contributed by atoms with Crippen LogP contribution in [0.25, 0.3) is 0 Å². The van der Waals surface area contributed by atoms with Crippen LogP contribution in [0.5, 0.6) is 0 Å². The zero-order chi connectivity index (χ0) is 0. The molecule has 0 fully saturated rings. The standard InChI is InChI=1S/2BrH.Cu.N/h2*1H;;/q;;+2;/p-2. The Kier molecular flexibility index (Phi) is 328. The molecule has 0 aliphatic carbocycles. The van der Waals surface area contributed by atoms with Gasteiger partial charge in [-0.1, -0.05) is 0 Å². The van der Waals surface area contributed by atoms with Crippen LogP contribution in [0.3, 0.4) is 0 Å². The minimum Gasteiger partial charge on any atom is -1.00 e. The van der Waals surface area contributed by atoms with Crippen LogP contribution in [0.1, 0.15) is 0 Å². The van der Waals surface area contributed by atoms with Gasteiger partial charge in [0.1, 0.15) is 0 Å². The summed E-state index contributed by atoms with van der Waals surface area (Å²) in [5.74, 6) is 0. The molecule has 0 amide bonds. The maximum Gasteiger partial charge on any atom is 2.00 e. The fourth-order valence-corrected chi connectivity index (χ4v) is 0. The monoisotopic (exact) mass is 235 g/mol. The molecule has 0 aromatic rings. The molecule has 0 heterocycles. The first-order valence-corrected chi connectivity index (χ1v) is 0. The zero-order valence-corrected chi connectivity index (χ0v) is 5.62. The van der Waals surface area contributed by atoms with E-state index in [9.17, 15) is 0 Å². The van der Waals surface area contributed by atoms with Gasteiger partial charge >= 0.3 is 17.1 Å². The molecule has 30 valence electrons. The van der Waals surface area contributed by atoms with E-state index in [2.05, 4.69) is 0 Å². The third kappa shape index (κ3) is 9.88. The minimum atomic E-state index is 0. The average molecular weight is 237 g/mol. The average Bonchev–Trinajstić information content (AvgIpc) is 0. The molecule has 0 saturated heterocycles. The number of hydrogen-bond acceptors (Lipinski definition) is 0. The number of hydrogen-bond donors (Lipinski definition) is 0. The second-order valence-corrected chi connectivity index (χ2v) is 0. The summed E-state index contributed by atoms with van der Waals surface area (Å²) < 4.78 is 0. The molecule has 0 unspecified atom stereocenters. The van der Waals surface area contributed by atoms with E-state index in [1.165, 1.54) is 0 Å². The summed E-state index contributed by atoms with van der Waals surface area (Å²) in [6, 6.07) is 0. The molecule has 0 saturated carbocycles. The van der Waals surface area contributed by atoms with Crippen LogP contribution in [-0.2, 0) is 17.1 Å². The van der Waals surface area contributed by atoms with Crippen molar-refractivity contribution in [3.63, 3.8) is 0 Å². The molecular weight excluding hydrogens is 237 g/mol. The van der Waals surface area contributed by atoms with Gasteiger partial charge in [-0.05, 0) is 0 Å². The van der Waals surface area contributed by atoms with Gasteiger partial charge in [0, 0.05) is 6.15 Å². The van der Waals surface area contributed by atoms with E-state index < -0.39 is 0 Å². The van der Waals surface area contributed by atoms with E-state index in [0.717, 1.165) is 0 Å². The van der Waals surface area contributed by atoms with Crippen LogP contribution in [0.2, 0.25) is 0 Å². The first-order chi connectivity index (χ1) is 0. The van der Waals surface area contributed by atoms with Crippen molar-refractivity contribution >= 4 is 0 Å². The van der Waals surface area contributed by atoms with Crippen LogP contribution < -0.4 is 40.1 Å². The van der Waals surface area contributed by atoms with E-state index in [-0.39, 0.29) is 57.2 Å². The second-order valence-electron chi connectivity index (χ2n) is 0. The van der Waals surface area contributed by atoms with Crippen molar-refractivity contribution in [3.8, 4) is 0 Å². The molecule has 1 nitrogen and oxygen atoms in total. The molecule has 0 aliphatic heterocycles. The van der Waals surface area contributed by atoms with Crippen LogP contribution >= 0.6 is 0 Å². The molecule has 0 N–H and O–H groups in total. The van der Waals surface area contributed by atoms with Crippen LogP contribution in [-0.4, -0.2) is 0 Å². The first-order valence-electron chi connectivity index (χ1n) is 0. The summed E-state index contributed by atoms with van der Waals surface area (Å²) in [7, 11) is 0. The Labute approximate surface area is 57.1 Å². The molecule has 0 bridgehead atoms. The van der Waals surface area contributed by atoms with Crippen molar-refractivity contribution in [1.82, 2.24) is 6.15 Å². The molecule has 0 aliphatic rings. The third-order valence-corrected chi connectivity index (χ3v) is 0. The summed E-state index contributed by atoms with van der Waals surface area (Å²) in [6.45, 7) is 0. The van der Waals surface area contributed by atoms with Crippen molar-refractivity contribution in [3.05, 3.63) is 0 Å². The van der Waals surface area contributed by atoms with Crippen molar-refractivity contribution in [2.24, 2.45) is 0 Å². The second kappa shape index (κ2) is 25.3. The van der Waals surface area contributed by atoms with Gasteiger partial charge in [0.15, 0.2) is 0 Å². The van der Waals surface area contributed by atoms with Gasteiger partial charge in [-0.2, -0.15) is 0 Å². The Morgan fingerprint density at radius 1 is 0.750 bits per heavy atom. The molecule has 4 heavy (non-hydrogen) atoms. The molecule has 4 radical (unpaired) electrons. The summed E-state index contributed by atoms with van der Waals surface area (Å²) in [5, 5.41) is 0. The smallest absolute Gasteiger partial charge is 1.00 e. The summed E-state index contributed by atoms with van der Waals surface area (Å²) in [5.41, 5.74) is 0. The van der Waals surface area contributed by atoms with Gasteiger partial charge in [0.05, 0.1) is 0 Å². The van der Waals surface area contributed by atoms with Crippen molar-refractivity contribution in [1.29, 1.82) is 0 Å². The Morgan fingerprint density at radius 3 is 0.750 bits per heavy atom. The number of halogens is 2. The Hall–Kier alpha value is 1.44. The normalized spacial score (nSPS) is 0. The summed E-state index contributed by atoms with van der Waals surface area (Å²) >= 11 is 0. The Morgan fingerprint density at radius 2 is 0.750 bits per heavy atom. The molecule has 0 aromatic carbocycles. The minimum absolute atomic E-state index is 0. The molecule has 0 spiro atoms. The predicted octanol–water partition coefficient (Wildman–Crippen LogP) is -6.48. The fourth-order valence-electron chi connectivity index (χ4n) is 0. The van der Waals surface area contributed by atoms with Gasteiger partial charge in [-0.25, -0.2) is 0 Å². The molecule has 0 aromatic heterocycles. The molecular formula is Br2CuN. The number of nitrogens with zero attached hydrogens (tertiary/aromatic N) is 1. The maximum atomic E-state index is 0. The Bertz CT molecular complexity index is 6.00. The van der Waals surface area contributed by atoms with E-state index >= 15 is 0 Å². The SMILES string of the molecule is [Br-].[Br-].[Cu+2].[N]. The predicted molar refractivity (Wildman–Crippen MR) is 2.13 cm³/mol. The maximum absolute atomic E-state index is 0. The Balaban J connectivity index is 0. The van der Waals surface area contributed by atoms with Crippen LogP contribution in [0.4, 0.5) is 0 Å². The van der Waals surface area contributed by atoms with Crippen molar-refractivity contribution in [2.45, 2.75) is 0 Å². The summed E-state index contributed by atoms with van der Waals surface area (Å²) in [6.07, 6.45) is 0. The third-order valence-electron chi connectivity index (χ3n) is 0. The van der Waals surface area contributed by atoms with E-state index in [1.807, 2.05) is 0 Å². The largest absolute Gasteiger partial charge is 2.00 e. The quantitative estimate of drug-likeness (QED) is 0.375.